The number of nitrogens with one attached hydrogen (secondary N) is 2. The standard InChI is InChI=1S/C10H13N3O3/c1-2-3-9(14)13-8(10(15)16)4-7-5-11-6-12-7/h2-3,5-6,8H,4H2,1H3,(H,11,12)(H,13,14)(H,15,16)/b3-2+. The lowest BCUT2D eigenvalue weighted by atomic mass is 10.1. The molecule has 0 aliphatic heterocycles. The summed E-state index contributed by atoms with van der Waals surface area (Å²) in [5.41, 5.74) is 0.660. The van der Waals surface area contributed by atoms with Gasteiger partial charge in [0.2, 0.25) is 5.91 Å². The maximum Gasteiger partial charge on any atom is 0.326 e. The zero-order valence-electron chi connectivity index (χ0n) is 8.80. The summed E-state index contributed by atoms with van der Waals surface area (Å²) in [6.07, 6.45) is 5.99. The quantitative estimate of drug-likeness (QED) is 0.617. The Bertz CT molecular complexity index is 384. The van der Waals surface area contributed by atoms with Crippen LogP contribution in [0.25, 0.3) is 0 Å². The van der Waals surface area contributed by atoms with Gasteiger partial charge in [0.1, 0.15) is 6.04 Å². The molecule has 0 aromatic carbocycles. The molecule has 86 valence electrons. The molecule has 0 saturated heterocycles. The summed E-state index contributed by atoms with van der Waals surface area (Å²) in [5, 5.41) is 11.3. The van der Waals surface area contributed by atoms with Gasteiger partial charge < -0.3 is 15.4 Å². The van der Waals surface area contributed by atoms with E-state index in [1.165, 1.54) is 18.6 Å². The highest BCUT2D eigenvalue weighted by Gasteiger charge is 2.19. The summed E-state index contributed by atoms with van der Waals surface area (Å²) < 4.78 is 0. The zero-order chi connectivity index (χ0) is 12.0. The molecule has 1 atom stereocenters. The molecule has 6 nitrogen and oxygen atoms in total. The smallest absolute Gasteiger partial charge is 0.326 e. The number of nitrogens with zero attached hydrogens (tertiary/aromatic N) is 1. The number of imidazole rings is 1. The van der Waals surface area contributed by atoms with Gasteiger partial charge >= 0.3 is 5.97 Å². The molecule has 1 heterocycles. The molecule has 0 saturated carbocycles. The van der Waals surface area contributed by atoms with E-state index < -0.39 is 17.9 Å². The molecule has 0 bridgehead atoms. The second kappa shape index (κ2) is 5.69. The van der Waals surface area contributed by atoms with Crippen LogP contribution in [0.4, 0.5) is 0 Å². The number of hydrogen-bond donors (Lipinski definition) is 3. The Morgan fingerprint density at radius 1 is 1.69 bits per heavy atom. The third-order valence-corrected chi connectivity index (χ3v) is 1.91. The molecule has 16 heavy (non-hydrogen) atoms. The van der Waals surface area contributed by atoms with Crippen LogP contribution in [-0.2, 0) is 16.0 Å². The van der Waals surface area contributed by atoms with Crippen LogP contribution in [-0.4, -0.2) is 33.0 Å². The van der Waals surface area contributed by atoms with Gasteiger partial charge in [0.15, 0.2) is 0 Å². The summed E-state index contributed by atoms with van der Waals surface area (Å²) in [5.74, 6) is -1.50. The summed E-state index contributed by atoms with van der Waals surface area (Å²) in [6.45, 7) is 1.68. The van der Waals surface area contributed by atoms with Gasteiger partial charge in [-0.3, -0.25) is 4.79 Å². The molecule has 1 aromatic heterocycles. The van der Waals surface area contributed by atoms with Crippen molar-refractivity contribution in [1.29, 1.82) is 0 Å². The second-order valence-electron chi connectivity index (χ2n) is 3.18. The van der Waals surface area contributed by atoms with E-state index in [2.05, 4.69) is 15.3 Å². The van der Waals surface area contributed by atoms with Crippen molar-refractivity contribution >= 4 is 11.9 Å². The fourth-order valence-electron chi connectivity index (χ4n) is 1.19. The van der Waals surface area contributed by atoms with Crippen molar-refractivity contribution < 1.29 is 14.7 Å². The van der Waals surface area contributed by atoms with E-state index in [0.717, 1.165) is 0 Å². The van der Waals surface area contributed by atoms with Crippen LogP contribution >= 0.6 is 0 Å². The summed E-state index contributed by atoms with van der Waals surface area (Å²) in [7, 11) is 0. The number of aromatic amines is 1. The second-order valence-corrected chi connectivity index (χ2v) is 3.18. The molecular weight excluding hydrogens is 210 g/mol. The number of carbonyl (C=O) groups excluding carboxylic acids is 1. The van der Waals surface area contributed by atoms with Crippen molar-refractivity contribution in [2.24, 2.45) is 0 Å². The predicted octanol–water partition coefficient (Wildman–Crippen LogP) is 0.0977. The minimum absolute atomic E-state index is 0.179. The number of carboxylic acids is 1. The van der Waals surface area contributed by atoms with E-state index in [0.29, 0.717) is 5.69 Å². The molecule has 1 aromatic rings. The molecule has 0 radical (unpaired) electrons. The monoisotopic (exact) mass is 223 g/mol. The molecule has 3 N–H and O–H groups in total. The molecule has 1 amide bonds. The van der Waals surface area contributed by atoms with E-state index in [1.54, 1.807) is 13.0 Å². The lowest BCUT2D eigenvalue weighted by Gasteiger charge is -2.11. The van der Waals surface area contributed by atoms with Crippen LogP contribution < -0.4 is 5.32 Å². The van der Waals surface area contributed by atoms with Gasteiger partial charge in [-0.05, 0) is 13.0 Å². The van der Waals surface area contributed by atoms with E-state index >= 15 is 0 Å². The predicted molar refractivity (Wildman–Crippen MR) is 56.7 cm³/mol. The maximum absolute atomic E-state index is 11.2. The van der Waals surface area contributed by atoms with E-state index in [4.69, 9.17) is 5.11 Å². The first kappa shape index (κ1) is 12.0. The Labute approximate surface area is 92.4 Å². The van der Waals surface area contributed by atoms with Crippen molar-refractivity contribution in [3.05, 3.63) is 30.4 Å². The highest BCUT2D eigenvalue weighted by Crippen LogP contribution is 1.98. The van der Waals surface area contributed by atoms with Crippen LogP contribution in [0.5, 0.6) is 0 Å². The highest BCUT2D eigenvalue weighted by molar-refractivity contribution is 5.91. The van der Waals surface area contributed by atoms with Gasteiger partial charge in [0.05, 0.1) is 6.33 Å². The normalized spacial score (nSPS) is 12.6. The first-order valence-corrected chi connectivity index (χ1v) is 4.76. The number of hydrogen-bond acceptors (Lipinski definition) is 3. The molecule has 1 unspecified atom stereocenters. The number of rotatable bonds is 5. The Morgan fingerprint density at radius 2 is 2.44 bits per heavy atom. The fraction of sp³-hybridized carbons (Fsp3) is 0.300. The third kappa shape index (κ3) is 3.56. The van der Waals surface area contributed by atoms with Gasteiger partial charge in [-0.2, -0.15) is 0 Å². The van der Waals surface area contributed by atoms with E-state index in [1.807, 2.05) is 0 Å². The largest absolute Gasteiger partial charge is 0.480 e. The van der Waals surface area contributed by atoms with Crippen molar-refractivity contribution in [1.82, 2.24) is 15.3 Å². The summed E-state index contributed by atoms with van der Waals surface area (Å²) in [4.78, 5) is 28.7. The van der Waals surface area contributed by atoms with Crippen molar-refractivity contribution in [2.75, 3.05) is 0 Å². The molecule has 0 fully saturated rings. The molecule has 0 spiro atoms. The maximum atomic E-state index is 11.2. The Kier molecular flexibility index (Phi) is 4.26. The van der Waals surface area contributed by atoms with Crippen LogP contribution in [0.3, 0.4) is 0 Å². The van der Waals surface area contributed by atoms with Crippen LogP contribution in [0.1, 0.15) is 12.6 Å². The highest BCUT2D eigenvalue weighted by atomic mass is 16.4. The Morgan fingerprint density at radius 3 is 2.94 bits per heavy atom. The number of allylic oxidation sites excluding steroid dienone is 1. The third-order valence-electron chi connectivity index (χ3n) is 1.91. The van der Waals surface area contributed by atoms with Gasteiger partial charge in [0.25, 0.3) is 0 Å². The lowest BCUT2D eigenvalue weighted by molar-refractivity contribution is -0.141. The summed E-state index contributed by atoms with van der Waals surface area (Å²) >= 11 is 0. The molecule has 0 aliphatic carbocycles. The SMILES string of the molecule is C/C=C/C(=O)NC(Cc1cnc[nH]1)C(=O)O. The number of aromatic nitrogens is 2. The molecule has 1 rings (SSSR count). The number of carbonyl (C=O) groups is 2. The zero-order valence-corrected chi connectivity index (χ0v) is 8.80. The van der Waals surface area contributed by atoms with Gasteiger partial charge in [-0.1, -0.05) is 6.08 Å². The molecule has 6 heteroatoms. The number of aliphatic carboxylic acids is 1. The van der Waals surface area contributed by atoms with Crippen LogP contribution in [0.2, 0.25) is 0 Å². The Balaban J connectivity index is 2.61. The van der Waals surface area contributed by atoms with Gasteiger partial charge in [-0.15, -0.1) is 0 Å². The first-order valence-electron chi connectivity index (χ1n) is 4.76. The van der Waals surface area contributed by atoms with Crippen LogP contribution in [0, 0.1) is 0 Å². The molecule has 0 aliphatic rings. The minimum atomic E-state index is -1.08. The average Bonchev–Trinajstić information content (AvgIpc) is 2.69. The van der Waals surface area contributed by atoms with Gasteiger partial charge in [0, 0.05) is 18.3 Å². The molecular formula is C10H13N3O3. The number of H-pyrrole nitrogens is 1. The number of amides is 1. The van der Waals surface area contributed by atoms with E-state index in [-0.39, 0.29) is 6.42 Å². The van der Waals surface area contributed by atoms with Crippen LogP contribution in [0.15, 0.2) is 24.7 Å². The summed E-state index contributed by atoms with van der Waals surface area (Å²) in [6, 6.07) is -0.954. The van der Waals surface area contributed by atoms with Gasteiger partial charge in [-0.25, -0.2) is 9.78 Å². The fourth-order valence-corrected chi connectivity index (χ4v) is 1.19. The number of carboxylic acid groups (broad SMARTS) is 1. The Hall–Kier alpha value is -2.11. The van der Waals surface area contributed by atoms with Crippen molar-refractivity contribution in [3.8, 4) is 0 Å². The first-order chi connectivity index (χ1) is 7.63. The lowest BCUT2D eigenvalue weighted by Crippen LogP contribution is -2.41. The topological polar surface area (TPSA) is 95.1 Å². The van der Waals surface area contributed by atoms with E-state index in [9.17, 15) is 9.59 Å². The minimum Gasteiger partial charge on any atom is -0.480 e. The van der Waals surface area contributed by atoms with Crippen molar-refractivity contribution in [2.45, 2.75) is 19.4 Å². The van der Waals surface area contributed by atoms with Crippen molar-refractivity contribution in [3.63, 3.8) is 0 Å². The average molecular weight is 223 g/mol.